The molecule has 0 bridgehead atoms. The van der Waals surface area contributed by atoms with E-state index in [9.17, 15) is 0 Å². The molecule has 46 valence electrons. The van der Waals surface area contributed by atoms with E-state index in [1.807, 2.05) is 6.92 Å². The molecule has 0 aliphatic carbocycles. The lowest BCUT2D eigenvalue weighted by Gasteiger charge is -2.01. The van der Waals surface area contributed by atoms with Crippen molar-refractivity contribution in [1.82, 2.24) is 0 Å². The summed E-state index contributed by atoms with van der Waals surface area (Å²) in [7, 11) is 0. The summed E-state index contributed by atoms with van der Waals surface area (Å²) in [6, 6.07) is 0. The van der Waals surface area contributed by atoms with Crippen LogP contribution in [0.1, 0.15) is 19.8 Å². The summed E-state index contributed by atoms with van der Waals surface area (Å²) in [5.74, 6) is 2.89. The number of aliphatic hydroxyl groups excluding tert-OH is 1. The molecule has 1 heteroatoms. The van der Waals surface area contributed by atoms with Gasteiger partial charge in [-0.2, -0.15) is 0 Å². The van der Waals surface area contributed by atoms with Gasteiger partial charge in [0.05, 0.1) is 0 Å². The van der Waals surface area contributed by atoms with Gasteiger partial charge in [0.1, 0.15) is 0 Å². The number of hydrogen-bond donors (Lipinski definition) is 1. The van der Waals surface area contributed by atoms with Gasteiger partial charge in [-0.15, -0.1) is 12.3 Å². The normalized spacial score (nSPS) is 12.6. The van der Waals surface area contributed by atoms with Crippen molar-refractivity contribution in [1.29, 1.82) is 0 Å². The predicted octanol–water partition coefficient (Wildman–Crippen LogP) is 1.03. The van der Waals surface area contributed by atoms with Crippen LogP contribution in [-0.2, 0) is 0 Å². The molecule has 1 atom stereocenters. The average Bonchev–Trinajstić information content (AvgIpc) is 1.83. The molecule has 0 rings (SSSR count). The van der Waals surface area contributed by atoms with E-state index in [0.29, 0.717) is 5.92 Å². The highest BCUT2D eigenvalue weighted by Crippen LogP contribution is 2.01. The van der Waals surface area contributed by atoms with Crippen molar-refractivity contribution in [3.8, 4) is 12.3 Å². The van der Waals surface area contributed by atoms with Crippen molar-refractivity contribution in [2.75, 3.05) is 6.61 Å². The maximum absolute atomic E-state index is 8.49. The third-order valence-electron chi connectivity index (χ3n) is 1.09. The van der Waals surface area contributed by atoms with E-state index in [4.69, 9.17) is 11.5 Å². The number of hydrogen-bond acceptors (Lipinski definition) is 1. The fraction of sp³-hybridized carbons (Fsp3) is 0.714. The quantitative estimate of drug-likeness (QED) is 0.540. The van der Waals surface area contributed by atoms with E-state index >= 15 is 0 Å². The smallest absolute Gasteiger partial charge is 0.0456 e. The van der Waals surface area contributed by atoms with Crippen LogP contribution in [0.2, 0.25) is 0 Å². The molecule has 1 nitrogen and oxygen atoms in total. The Morgan fingerprint density at radius 3 is 2.75 bits per heavy atom. The van der Waals surface area contributed by atoms with Gasteiger partial charge in [0, 0.05) is 13.0 Å². The first-order valence-corrected chi connectivity index (χ1v) is 2.85. The lowest BCUT2D eigenvalue weighted by molar-refractivity contribution is 0.231. The van der Waals surface area contributed by atoms with Crippen LogP contribution < -0.4 is 0 Å². The van der Waals surface area contributed by atoms with Crippen LogP contribution in [0.15, 0.2) is 0 Å². The van der Waals surface area contributed by atoms with E-state index < -0.39 is 0 Å². The van der Waals surface area contributed by atoms with Crippen LogP contribution >= 0.6 is 0 Å². The van der Waals surface area contributed by atoms with Crippen molar-refractivity contribution in [2.45, 2.75) is 19.8 Å². The summed E-state index contributed by atoms with van der Waals surface area (Å²) >= 11 is 0. The fourth-order valence-electron chi connectivity index (χ4n) is 0.421. The lowest BCUT2D eigenvalue weighted by atomic mass is 10.1. The molecule has 1 N–H and O–H groups in total. The minimum absolute atomic E-state index is 0.252. The zero-order chi connectivity index (χ0) is 6.41. The Labute approximate surface area is 50.7 Å². The summed E-state index contributed by atoms with van der Waals surface area (Å²) in [6.07, 6.45) is 6.72. The molecule has 0 fully saturated rings. The Kier molecular flexibility index (Phi) is 4.39. The highest BCUT2D eigenvalue weighted by Gasteiger charge is 1.95. The first kappa shape index (κ1) is 7.52. The molecular formula is C7H12O. The molecule has 0 aromatic carbocycles. The van der Waals surface area contributed by atoms with Crippen LogP contribution in [0.3, 0.4) is 0 Å². The molecule has 0 aliphatic heterocycles. The van der Waals surface area contributed by atoms with Crippen LogP contribution in [-0.4, -0.2) is 11.7 Å². The molecule has 8 heavy (non-hydrogen) atoms. The van der Waals surface area contributed by atoms with Gasteiger partial charge in [0.2, 0.25) is 0 Å². The van der Waals surface area contributed by atoms with E-state index in [2.05, 4.69) is 5.92 Å². The van der Waals surface area contributed by atoms with Gasteiger partial charge in [-0.05, 0) is 12.3 Å². The maximum atomic E-state index is 8.49. The fourth-order valence-corrected chi connectivity index (χ4v) is 0.421. The van der Waals surface area contributed by atoms with Gasteiger partial charge in [-0.1, -0.05) is 6.92 Å². The average molecular weight is 112 g/mol. The molecular weight excluding hydrogens is 100 g/mol. The minimum Gasteiger partial charge on any atom is -0.396 e. The minimum atomic E-state index is 0.252. The lowest BCUT2D eigenvalue weighted by Crippen LogP contribution is -1.98. The highest BCUT2D eigenvalue weighted by molar-refractivity contribution is 4.83. The number of rotatable bonds is 3. The van der Waals surface area contributed by atoms with E-state index in [-0.39, 0.29) is 6.61 Å². The summed E-state index contributed by atoms with van der Waals surface area (Å²) < 4.78 is 0. The third kappa shape index (κ3) is 3.70. The van der Waals surface area contributed by atoms with Crippen molar-refractivity contribution >= 4 is 0 Å². The zero-order valence-electron chi connectivity index (χ0n) is 5.22. The van der Waals surface area contributed by atoms with Crippen LogP contribution in [0.4, 0.5) is 0 Å². The van der Waals surface area contributed by atoms with E-state index in [1.165, 1.54) is 0 Å². The SMILES string of the molecule is C#CCC[C@H](C)CO. The zero-order valence-corrected chi connectivity index (χ0v) is 5.22. The molecule has 0 aromatic heterocycles. The Hall–Kier alpha value is -0.480. The number of aliphatic hydroxyl groups is 1. The second kappa shape index (κ2) is 4.67. The monoisotopic (exact) mass is 112 g/mol. The van der Waals surface area contributed by atoms with Crippen molar-refractivity contribution in [3.05, 3.63) is 0 Å². The van der Waals surface area contributed by atoms with Crippen LogP contribution in [0, 0.1) is 18.3 Å². The molecule has 0 unspecified atom stereocenters. The Balaban J connectivity index is 3.01. The molecule has 0 amide bonds. The van der Waals surface area contributed by atoms with E-state index in [1.54, 1.807) is 0 Å². The van der Waals surface area contributed by atoms with Crippen molar-refractivity contribution in [2.24, 2.45) is 5.92 Å². The Morgan fingerprint density at radius 2 is 2.38 bits per heavy atom. The van der Waals surface area contributed by atoms with Gasteiger partial charge in [-0.3, -0.25) is 0 Å². The van der Waals surface area contributed by atoms with Gasteiger partial charge in [0.25, 0.3) is 0 Å². The molecule has 0 radical (unpaired) electrons. The summed E-state index contributed by atoms with van der Waals surface area (Å²) in [5.41, 5.74) is 0. The topological polar surface area (TPSA) is 20.2 Å². The van der Waals surface area contributed by atoms with Gasteiger partial charge >= 0.3 is 0 Å². The van der Waals surface area contributed by atoms with Crippen molar-refractivity contribution < 1.29 is 5.11 Å². The second-order valence-corrected chi connectivity index (χ2v) is 2.03. The summed E-state index contributed by atoms with van der Waals surface area (Å²) in [5, 5.41) is 8.49. The van der Waals surface area contributed by atoms with Gasteiger partial charge in [-0.25, -0.2) is 0 Å². The molecule has 0 saturated heterocycles. The first-order valence-electron chi connectivity index (χ1n) is 2.85. The Morgan fingerprint density at radius 1 is 1.75 bits per heavy atom. The largest absolute Gasteiger partial charge is 0.396 e. The first-order chi connectivity index (χ1) is 3.81. The molecule has 0 spiro atoms. The number of terminal acetylenes is 1. The second-order valence-electron chi connectivity index (χ2n) is 2.03. The molecule has 0 saturated carbocycles. The standard InChI is InChI=1S/C7H12O/c1-3-4-5-7(2)6-8/h1,7-8H,4-6H2,2H3/t7-/m0/s1. The summed E-state index contributed by atoms with van der Waals surface area (Å²) in [4.78, 5) is 0. The summed E-state index contributed by atoms with van der Waals surface area (Å²) in [6.45, 7) is 2.24. The van der Waals surface area contributed by atoms with Gasteiger partial charge in [0.15, 0.2) is 0 Å². The van der Waals surface area contributed by atoms with Crippen LogP contribution in [0.25, 0.3) is 0 Å². The molecule has 0 aliphatic rings. The third-order valence-corrected chi connectivity index (χ3v) is 1.09. The van der Waals surface area contributed by atoms with E-state index in [0.717, 1.165) is 12.8 Å². The Bertz CT molecular complexity index is 80.9. The van der Waals surface area contributed by atoms with Gasteiger partial charge < -0.3 is 5.11 Å². The molecule has 0 heterocycles. The van der Waals surface area contributed by atoms with Crippen molar-refractivity contribution in [3.63, 3.8) is 0 Å². The highest BCUT2D eigenvalue weighted by atomic mass is 16.3. The predicted molar refractivity (Wildman–Crippen MR) is 34.3 cm³/mol. The maximum Gasteiger partial charge on any atom is 0.0456 e. The molecule has 0 aromatic rings. The van der Waals surface area contributed by atoms with Crippen LogP contribution in [0.5, 0.6) is 0 Å².